The van der Waals surface area contributed by atoms with Crippen molar-refractivity contribution in [3.8, 4) is 5.75 Å². The molecule has 1 aromatic rings. The van der Waals surface area contributed by atoms with Crippen molar-refractivity contribution in [2.24, 2.45) is 5.73 Å². The number of amides is 1. The Morgan fingerprint density at radius 2 is 1.88 bits per heavy atom. The number of ether oxygens (including phenoxy) is 1. The van der Waals surface area contributed by atoms with Crippen molar-refractivity contribution in [2.75, 3.05) is 58.3 Å². The van der Waals surface area contributed by atoms with E-state index in [9.17, 15) is 4.79 Å². The molecule has 24 heavy (non-hydrogen) atoms. The number of piperazine rings is 1. The fraction of sp³-hybridized carbons (Fsp3) is 0.588. The minimum absolute atomic E-state index is 0. The molecule has 0 aromatic heterocycles. The molecule has 1 aromatic carbocycles. The third kappa shape index (κ3) is 5.54. The fourth-order valence-corrected chi connectivity index (χ4v) is 2.63. The number of anilines is 1. The zero-order chi connectivity index (χ0) is 16.8. The number of para-hydroxylation sites is 2. The summed E-state index contributed by atoms with van der Waals surface area (Å²) in [6.45, 7) is 6.28. The Labute approximate surface area is 150 Å². The molecule has 1 unspecified atom stereocenters. The van der Waals surface area contributed by atoms with Gasteiger partial charge in [0.2, 0.25) is 5.91 Å². The minimum atomic E-state index is -0.428. The Kier molecular flexibility index (Phi) is 8.31. The van der Waals surface area contributed by atoms with Crippen molar-refractivity contribution in [3.63, 3.8) is 0 Å². The summed E-state index contributed by atoms with van der Waals surface area (Å²) in [5.41, 5.74) is 6.78. The van der Waals surface area contributed by atoms with Crippen molar-refractivity contribution in [2.45, 2.75) is 13.0 Å². The van der Waals surface area contributed by atoms with Crippen molar-refractivity contribution in [1.82, 2.24) is 9.80 Å². The Bertz CT molecular complexity index is 517. The van der Waals surface area contributed by atoms with E-state index >= 15 is 0 Å². The van der Waals surface area contributed by atoms with Crippen LogP contribution >= 0.6 is 12.4 Å². The van der Waals surface area contributed by atoms with E-state index in [4.69, 9.17) is 10.5 Å². The highest BCUT2D eigenvalue weighted by Crippen LogP contribution is 2.28. The summed E-state index contributed by atoms with van der Waals surface area (Å²) in [5.74, 6) is 0.932. The van der Waals surface area contributed by atoms with Crippen LogP contribution in [0.25, 0.3) is 0 Å². The summed E-state index contributed by atoms with van der Waals surface area (Å²) in [6, 6.07) is 7.67. The van der Waals surface area contributed by atoms with Gasteiger partial charge in [0.15, 0.2) is 0 Å². The largest absolute Gasteiger partial charge is 0.490 e. The van der Waals surface area contributed by atoms with Gasteiger partial charge in [0.1, 0.15) is 12.4 Å². The lowest BCUT2D eigenvalue weighted by molar-refractivity contribution is -0.132. The first-order valence-corrected chi connectivity index (χ1v) is 8.15. The third-order valence-electron chi connectivity index (χ3n) is 3.98. The smallest absolute Gasteiger partial charge is 0.239 e. The highest BCUT2D eigenvalue weighted by Gasteiger charge is 2.24. The van der Waals surface area contributed by atoms with Gasteiger partial charge in [0.25, 0.3) is 0 Å². The third-order valence-corrected chi connectivity index (χ3v) is 3.98. The Morgan fingerprint density at radius 1 is 1.25 bits per heavy atom. The van der Waals surface area contributed by atoms with E-state index < -0.39 is 6.04 Å². The number of rotatable bonds is 6. The van der Waals surface area contributed by atoms with Crippen LogP contribution < -0.4 is 15.4 Å². The first kappa shape index (κ1) is 20.5. The molecule has 1 atom stereocenters. The molecule has 7 heteroatoms. The normalized spacial score (nSPS) is 15.9. The summed E-state index contributed by atoms with van der Waals surface area (Å²) in [4.78, 5) is 18.2. The second-order valence-electron chi connectivity index (χ2n) is 6.22. The number of hydrogen-bond donors (Lipinski definition) is 1. The predicted molar refractivity (Wildman–Crippen MR) is 100 cm³/mol. The maximum absolute atomic E-state index is 12.0. The van der Waals surface area contributed by atoms with Crippen LogP contribution in [0.4, 0.5) is 5.69 Å². The first-order chi connectivity index (χ1) is 11.0. The van der Waals surface area contributed by atoms with Crippen LogP contribution in [0.15, 0.2) is 24.3 Å². The zero-order valence-electron chi connectivity index (χ0n) is 14.8. The Hall–Kier alpha value is -1.50. The number of halogens is 1. The number of nitrogens with two attached hydrogens (primary N) is 1. The van der Waals surface area contributed by atoms with Crippen molar-refractivity contribution in [3.05, 3.63) is 24.3 Å². The number of carbonyl (C=O) groups is 1. The van der Waals surface area contributed by atoms with Crippen molar-refractivity contribution in [1.29, 1.82) is 0 Å². The monoisotopic (exact) mass is 356 g/mol. The second-order valence-corrected chi connectivity index (χ2v) is 6.22. The fourth-order valence-electron chi connectivity index (χ4n) is 2.63. The molecular formula is C17H29ClN4O2. The molecule has 1 heterocycles. The summed E-state index contributed by atoms with van der Waals surface area (Å²) >= 11 is 0. The lowest BCUT2D eigenvalue weighted by atomic mass is 10.2. The summed E-state index contributed by atoms with van der Waals surface area (Å²) in [7, 11) is 4.06. The van der Waals surface area contributed by atoms with Crippen molar-refractivity contribution >= 4 is 24.0 Å². The SMILES string of the molecule is CC(N)C(=O)N1CCN(c2ccccc2OCCN(C)C)CC1.Cl. The van der Waals surface area contributed by atoms with E-state index in [2.05, 4.69) is 15.9 Å². The van der Waals surface area contributed by atoms with Gasteiger partial charge in [-0.3, -0.25) is 4.79 Å². The predicted octanol–water partition coefficient (Wildman–Crippen LogP) is 1.04. The molecule has 2 N–H and O–H groups in total. The molecule has 0 bridgehead atoms. The van der Waals surface area contributed by atoms with Gasteiger partial charge in [-0.1, -0.05) is 12.1 Å². The molecule has 6 nitrogen and oxygen atoms in total. The van der Waals surface area contributed by atoms with Gasteiger partial charge in [-0.2, -0.15) is 0 Å². The van der Waals surface area contributed by atoms with Crippen LogP contribution in [-0.4, -0.2) is 75.2 Å². The zero-order valence-corrected chi connectivity index (χ0v) is 15.6. The molecule has 1 aliphatic heterocycles. The number of hydrogen-bond acceptors (Lipinski definition) is 5. The Balaban J connectivity index is 0.00000288. The highest BCUT2D eigenvalue weighted by atomic mass is 35.5. The first-order valence-electron chi connectivity index (χ1n) is 8.15. The maximum Gasteiger partial charge on any atom is 0.239 e. The number of carbonyl (C=O) groups excluding carboxylic acids is 1. The van der Waals surface area contributed by atoms with Gasteiger partial charge in [-0.25, -0.2) is 0 Å². The lowest BCUT2D eigenvalue weighted by Crippen LogP contribution is -2.52. The van der Waals surface area contributed by atoms with Crippen LogP contribution in [0.3, 0.4) is 0 Å². The van der Waals surface area contributed by atoms with E-state index in [0.717, 1.165) is 31.1 Å². The molecule has 0 radical (unpaired) electrons. The van der Waals surface area contributed by atoms with E-state index in [1.54, 1.807) is 6.92 Å². The van der Waals surface area contributed by atoms with Gasteiger partial charge in [-0.15, -0.1) is 12.4 Å². The van der Waals surface area contributed by atoms with Crippen LogP contribution in [0.2, 0.25) is 0 Å². The van der Waals surface area contributed by atoms with Gasteiger partial charge >= 0.3 is 0 Å². The van der Waals surface area contributed by atoms with E-state index in [1.807, 2.05) is 37.2 Å². The van der Waals surface area contributed by atoms with Gasteiger partial charge in [0, 0.05) is 32.7 Å². The molecule has 0 spiro atoms. The average Bonchev–Trinajstić information content (AvgIpc) is 2.54. The lowest BCUT2D eigenvalue weighted by Gasteiger charge is -2.37. The molecule has 0 saturated carbocycles. The molecule has 1 amide bonds. The van der Waals surface area contributed by atoms with Gasteiger partial charge < -0.3 is 25.2 Å². The van der Waals surface area contributed by atoms with E-state index in [-0.39, 0.29) is 18.3 Å². The van der Waals surface area contributed by atoms with E-state index in [0.29, 0.717) is 19.7 Å². The molecule has 2 rings (SSSR count). The van der Waals surface area contributed by atoms with Crippen LogP contribution in [0, 0.1) is 0 Å². The standard InChI is InChI=1S/C17H28N4O2.ClH/c1-14(18)17(22)21-10-8-20(9-11-21)15-6-4-5-7-16(15)23-13-12-19(2)3;/h4-7,14H,8-13,18H2,1-3H3;1H. The quantitative estimate of drug-likeness (QED) is 0.825. The van der Waals surface area contributed by atoms with Gasteiger partial charge in [0.05, 0.1) is 11.7 Å². The van der Waals surface area contributed by atoms with Crippen LogP contribution in [-0.2, 0) is 4.79 Å². The minimum Gasteiger partial charge on any atom is -0.490 e. The molecule has 0 aliphatic carbocycles. The summed E-state index contributed by atoms with van der Waals surface area (Å²) in [5, 5.41) is 0. The molecule has 1 aliphatic rings. The second kappa shape index (κ2) is 9.71. The molecular weight excluding hydrogens is 328 g/mol. The Morgan fingerprint density at radius 3 is 2.46 bits per heavy atom. The maximum atomic E-state index is 12.0. The molecule has 1 saturated heterocycles. The van der Waals surface area contributed by atoms with Crippen molar-refractivity contribution < 1.29 is 9.53 Å². The van der Waals surface area contributed by atoms with E-state index in [1.165, 1.54) is 0 Å². The van der Waals surface area contributed by atoms with Crippen LogP contribution in [0.5, 0.6) is 5.75 Å². The highest BCUT2D eigenvalue weighted by molar-refractivity contribution is 5.85. The van der Waals surface area contributed by atoms with Gasteiger partial charge in [-0.05, 0) is 33.2 Å². The van der Waals surface area contributed by atoms with Crippen LogP contribution in [0.1, 0.15) is 6.92 Å². The average molecular weight is 357 g/mol. The number of benzene rings is 1. The molecule has 136 valence electrons. The molecule has 1 fully saturated rings. The summed E-state index contributed by atoms with van der Waals surface area (Å²) in [6.07, 6.45) is 0. The summed E-state index contributed by atoms with van der Waals surface area (Å²) < 4.78 is 5.93. The number of likely N-dealkylation sites (N-methyl/N-ethyl adjacent to an activating group) is 1. The topological polar surface area (TPSA) is 62.0 Å². The number of nitrogens with zero attached hydrogens (tertiary/aromatic N) is 3.